The number of amides is 1. The molecular weight excluding hydrogens is 373 g/mol. The second-order valence-corrected chi connectivity index (χ2v) is 7.14. The predicted octanol–water partition coefficient (Wildman–Crippen LogP) is 4.41. The molecule has 1 fully saturated rings. The minimum absolute atomic E-state index is 0.00906. The largest absolute Gasteiger partial charge is 0.463 e. The summed E-state index contributed by atoms with van der Waals surface area (Å²) in [6, 6.07) is 5.29. The van der Waals surface area contributed by atoms with Crippen LogP contribution in [0.5, 0.6) is 0 Å². The highest BCUT2D eigenvalue weighted by molar-refractivity contribution is 5.94. The van der Waals surface area contributed by atoms with E-state index in [1.54, 1.807) is 11.0 Å². The molecule has 4 heterocycles. The van der Waals surface area contributed by atoms with E-state index in [0.29, 0.717) is 4.52 Å². The van der Waals surface area contributed by atoms with Crippen molar-refractivity contribution < 1.29 is 22.4 Å². The molecule has 9 heteroatoms. The number of nitrogens with zero attached hydrogens (tertiary/aromatic N) is 4. The molecule has 1 saturated heterocycles. The van der Waals surface area contributed by atoms with E-state index in [4.69, 9.17) is 4.42 Å². The average molecular weight is 392 g/mol. The zero-order valence-electron chi connectivity index (χ0n) is 15.4. The van der Waals surface area contributed by atoms with Gasteiger partial charge in [0.1, 0.15) is 5.69 Å². The third-order valence-electron chi connectivity index (χ3n) is 5.14. The van der Waals surface area contributed by atoms with Gasteiger partial charge in [0.2, 0.25) is 0 Å². The van der Waals surface area contributed by atoms with Crippen LogP contribution in [0.3, 0.4) is 0 Å². The Balaban J connectivity index is 1.83. The number of halogens is 3. The minimum atomic E-state index is -4.67. The van der Waals surface area contributed by atoms with Gasteiger partial charge in [0.15, 0.2) is 22.8 Å². The molecule has 28 heavy (non-hydrogen) atoms. The number of hydrogen-bond acceptors (Lipinski definition) is 4. The molecule has 0 radical (unpaired) electrons. The Kier molecular flexibility index (Phi) is 4.40. The van der Waals surface area contributed by atoms with Gasteiger partial charge in [-0.25, -0.2) is 9.50 Å². The van der Waals surface area contributed by atoms with Gasteiger partial charge in [-0.3, -0.25) is 4.79 Å². The highest BCUT2D eigenvalue weighted by atomic mass is 19.4. The van der Waals surface area contributed by atoms with Crippen LogP contribution in [0, 0.1) is 0 Å². The Bertz CT molecular complexity index is 1000. The number of carbonyl (C=O) groups is 1. The monoisotopic (exact) mass is 392 g/mol. The molecule has 0 aliphatic carbocycles. The van der Waals surface area contributed by atoms with Gasteiger partial charge in [-0.15, -0.1) is 0 Å². The van der Waals surface area contributed by atoms with E-state index in [1.807, 2.05) is 13.8 Å². The number of carbonyl (C=O) groups excluding carboxylic acids is 1. The van der Waals surface area contributed by atoms with Crippen molar-refractivity contribution in [2.45, 2.75) is 51.4 Å². The smallest absolute Gasteiger partial charge is 0.433 e. The predicted molar refractivity (Wildman–Crippen MR) is 94.6 cm³/mol. The summed E-state index contributed by atoms with van der Waals surface area (Å²) < 4.78 is 46.7. The number of likely N-dealkylation sites (tertiary alicyclic amines) is 1. The summed E-state index contributed by atoms with van der Waals surface area (Å²) in [4.78, 5) is 18.9. The van der Waals surface area contributed by atoms with Gasteiger partial charge in [0.05, 0.1) is 6.26 Å². The molecule has 6 nitrogen and oxygen atoms in total. The van der Waals surface area contributed by atoms with E-state index in [9.17, 15) is 18.0 Å². The molecule has 4 rings (SSSR count). The minimum Gasteiger partial charge on any atom is -0.463 e. The third-order valence-corrected chi connectivity index (χ3v) is 5.14. The van der Waals surface area contributed by atoms with E-state index >= 15 is 0 Å². The second-order valence-electron chi connectivity index (χ2n) is 7.14. The van der Waals surface area contributed by atoms with Gasteiger partial charge in [0.25, 0.3) is 5.91 Å². The molecule has 0 N–H and O–H groups in total. The van der Waals surface area contributed by atoms with Crippen LogP contribution in [0.15, 0.2) is 34.9 Å². The van der Waals surface area contributed by atoms with Crippen LogP contribution >= 0.6 is 0 Å². The Hall–Kier alpha value is -2.84. The molecule has 0 saturated carbocycles. The third kappa shape index (κ3) is 3.14. The first-order valence-corrected chi connectivity index (χ1v) is 9.10. The van der Waals surface area contributed by atoms with Gasteiger partial charge in [0, 0.05) is 18.2 Å². The SMILES string of the molecule is CC1CCCC(C)N1C(=O)c1cc2nc(-c3ccco3)cc(C(F)(F)F)n2n1. The first-order chi connectivity index (χ1) is 13.3. The Morgan fingerprint density at radius 1 is 1.21 bits per heavy atom. The van der Waals surface area contributed by atoms with Crippen molar-refractivity contribution in [1.29, 1.82) is 0 Å². The number of hydrogen-bond donors (Lipinski definition) is 0. The molecule has 0 spiro atoms. The van der Waals surface area contributed by atoms with Crippen molar-refractivity contribution >= 4 is 11.6 Å². The maximum atomic E-state index is 13.6. The van der Waals surface area contributed by atoms with Crippen molar-refractivity contribution in [1.82, 2.24) is 19.5 Å². The van der Waals surface area contributed by atoms with E-state index in [2.05, 4.69) is 10.1 Å². The Labute approximate surface area is 159 Å². The van der Waals surface area contributed by atoms with Crippen molar-refractivity contribution in [3.63, 3.8) is 0 Å². The number of piperidine rings is 1. The van der Waals surface area contributed by atoms with E-state index in [-0.39, 0.29) is 40.8 Å². The van der Waals surface area contributed by atoms with Crippen LogP contribution < -0.4 is 0 Å². The molecule has 0 bridgehead atoms. The zero-order chi connectivity index (χ0) is 20.1. The first-order valence-electron chi connectivity index (χ1n) is 9.10. The fraction of sp³-hybridized carbons (Fsp3) is 0.421. The van der Waals surface area contributed by atoms with Crippen molar-refractivity contribution in [2.24, 2.45) is 0 Å². The van der Waals surface area contributed by atoms with Crippen LogP contribution in [0.1, 0.15) is 49.3 Å². The van der Waals surface area contributed by atoms with Crippen LogP contribution in [-0.2, 0) is 6.18 Å². The fourth-order valence-electron chi connectivity index (χ4n) is 3.79. The van der Waals surface area contributed by atoms with Crippen molar-refractivity contribution in [3.8, 4) is 11.5 Å². The molecule has 3 aromatic heterocycles. The van der Waals surface area contributed by atoms with Crippen LogP contribution in [0.25, 0.3) is 17.1 Å². The lowest BCUT2D eigenvalue weighted by Crippen LogP contribution is -2.47. The second kappa shape index (κ2) is 6.65. The molecule has 0 aromatic carbocycles. The van der Waals surface area contributed by atoms with Crippen LogP contribution in [0.2, 0.25) is 0 Å². The van der Waals surface area contributed by atoms with Gasteiger partial charge in [-0.1, -0.05) is 0 Å². The molecule has 1 amide bonds. The standard InChI is InChI=1S/C19H19F3N4O2/c1-11-5-3-6-12(2)25(11)18(27)14-10-17-23-13(15-7-4-8-28-15)9-16(19(20,21)22)26(17)24-14/h4,7-12H,3,5-6H2,1-2H3. The van der Waals surface area contributed by atoms with Crippen molar-refractivity contribution in [3.05, 3.63) is 41.9 Å². The average Bonchev–Trinajstić information content (AvgIpc) is 3.29. The van der Waals surface area contributed by atoms with Crippen LogP contribution in [-0.4, -0.2) is 37.5 Å². The number of aromatic nitrogens is 3. The van der Waals surface area contributed by atoms with Gasteiger partial charge < -0.3 is 9.32 Å². The topological polar surface area (TPSA) is 63.6 Å². The summed E-state index contributed by atoms with van der Waals surface area (Å²) in [6.45, 7) is 3.88. The molecule has 1 aliphatic rings. The Morgan fingerprint density at radius 2 is 1.93 bits per heavy atom. The molecular formula is C19H19F3N4O2. The lowest BCUT2D eigenvalue weighted by Gasteiger charge is -2.38. The highest BCUT2D eigenvalue weighted by Crippen LogP contribution is 2.33. The van der Waals surface area contributed by atoms with E-state index in [0.717, 1.165) is 25.3 Å². The first kappa shape index (κ1) is 18.5. The number of furan rings is 1. The van der Waals surface area contributed by atoms with Gasteiger partial charge >= 0.3 is 6.18 Å². The summed E-state index contributed by atoms with van der Waals surface area (Å²) in [5, 5.41) is 3.96. The molecule has 2 atom stereocenters. The number of alkyl halides is 3. The zero-order valence-corrected chi connectivity index (χ0v) is 15.4. The maximum absolute atomic E-state index is 13.6. The van der Waals surface area contributed by atoms with Gasteiger partial charge in [-0.2, -0.15) is 18.3 Å². The summed E-state index contributed by atoms with van der Waals surface area (Å²) in [5.74, 6) is -0.168. The maximum Gasteiger partial charge on any atom is 0.433 e. The van der Waals surface area contributed by atoms with E-state index < -0.39 is 11.9 Å². The summed E-state index contributed by atoms with van der Waals surface area (Å²) >= 11 is 0. The quantitative estimate of drug-likeness (QED) is 0.648. The molecule has 2 unspecified atom stereocenters. The Morgan fingerprint density at radius 3 is 2.54 bits per heavy atom. The summed E-state index contributed by atoms with van der Waals surface area (Å²) in [5.41, 5.74) is -1.08. The normalized spacial score (nSPS) is 20.7. The molecule has 3 aromatic rings. The fourth-order valence-corrected chi connectivity index (χ4v) is 3.79. The van der Waals surface area contributed by atoms with Crippen molar-refractivity contribution in [2.75, 3.05) is 0 Å². The van der Waals surface area contributed by atoms with Crippen LogP contribution in [0.4, 0.5) is 13.2 Å². The summed E-state index contributed by atoms with van der Waals surface area (Å²) in [6.07, 6.45) is -0.570. The number of rotatable bonds is 2. The lowest BCUT2D eigenvalue weighted by atomic mass is 9.97. The number of fused-ring (bicyclic) bond motifs is 1. The molecule has 148 valence electrons. The molecule has 1 aliphatic heterocycles. The summed E-state index contributed by atoms with van der Waals surface area (Å²) in [7, 11) is 0. The van der Waals surface area contributed by atoms with Gasteiger partial charge in [-0.05, 0) is 51.3 Å². The highest BCUT2D eigenvalue weighted by Gasteiger charge is 2.37. The van der Waals surface area contributed by atoms with E-state index in [1.165, 1.54) is 18.4 Å². The lowest BCUT2D eigenvalue weighted by molar-refractivity contribution is -0.142.